The molecule has 0 fully saturated rings. The Hall–Kier alpha value is -3.34. The topological polar surface area (TPSA) is 147 Å². The highest BCUT2D eigenvalue weighted by Gasteiger charge is 2.17. The standard InChI is InChI=1S/C21H30N6O4S/c1-12-17(22)32-19(25-12)27-18(29)15-8-7-14(11-16(15)26-13(2)28)23-9-6-10-24-20(30)31-21(3,4)5/h7-8,11,23H,6,9-10,22H2,1-5H3,(H,24,30)(H,26,28)(H,25,27,29). The number of carbonyl (C=O) groups excluding carboxylic acids is 3. The Kier molecular flexibility index (Phi) is 8.41. The van der Waals surface area contributed by atoms with Crippen molar-refractivity contribution in [3.05, 3.63) is 29.5 Å². The zero-order valence-corrected chi connectivity index (χ0v) is 19.7. The van der Waals surface area contributed by atoms with Gasteiger partial charge < -0.3 is 26.4 Å². The van der Waals surface area contributed by atoms with Crippen LogP contribution in [0.3, 0.4) is 0 Å². The third-order valence-corrected chi connectivity index (χ3v) is 4.88. The van der Waals surface area contributed by atoms with Gasteiger partial charge in [-0.2, -0.15) is 0 Å². The summed E-state index contributed by atoms with van der Waals surface area (Å²) in [7, 11) is 0. The van der Waals surface area contributed by atoms with E-state index in [-0.39, 0.29) is 5.91 Å². The minimum atomic E-state index is -0.540. The van der Waals surface area contributed by atoms with Crippen LogP contribution in [0, 0.1) is 6.92 Å². The molecule has 0 unspecified atom stereocenters. The molecule has 1 heterocycles. The van der Waals surface area contributed by atoms with E-state index in [1.54, 1.807) is 45.9 Å². The smallest absolute Gasteiger partial charge is 0.407 e. The molecule has 2 rings (SSSR count). The average molecular weight is 463 g/mol. The Bertz CT molecular complexity index is 964. The molecule has 10 nitrogen and oxygen atoms in total. The van der Waals surface area contributed by atoms with Crippen molar-refractivity contribution in [3.63, 3.8) is 0 Å². The number of hydrogen-bond acceptors (Lipinski definition) is 8. The number of ether oxygens (including phenoxy) is 1. The van der Waals surface area contributed by atoms with Crippen LogP contribution in [0.4, 0.5) is 26.3 Å². The van der Waals surface area contributed by atoms with Crippen LogP contribution in [0.5, 0.6) is 0 Å². The molecule has 2 aromatic rings. The van der Waals surface area contributed by atoms with Gasteiger partial charge in [0.2, 0.25) is 5.91 Å². The van der Waals surface area contributed by atoms with Gasteiger partial charge in [-0.05, 0) is 52.3 Å². The van der Waals surface area contributed by atoms with Crippen LogP contribution < -0.4 is 27.0 Å². The van der Waals surface area contributed by atoms with Crippen LogP contribution in [0.1, 0.15) is 50.2 Å². The third-order valence-electron chi connectivity index (χ3n) is 3.98. The lowest BCUT2D eigenvalue weighted by Crippen LogP contribution is -2.33. The third kappa shape index (κ3) is 8.06. The molecule has 0 saturated carbocycles. The maximum Gasteiger partial charge on any atom is 0.407 e. The summed E-state index contributed by atoms with van der Waals surface area (Å²) < 4.78 is 5.18. The van der Waals surface area contributed by atoms with Crippen molar-refractivity contribution < 1.29 is 19.1 Å². The first-order chi connectivity index (χ1) is 14.9. The predicted molar refractivity (Wildman–Crippen MR) is 127 cm³/mol. The minimum absolute atomic E-state index is 0.295. The van der Waals surface area contributed by atoms with Crippen LogP contribution in [0.2, 0.25) is 0 Å². The zero-order valence-electron chi connectivity index (χ0n) is 18.9. The van der Waals surface area contributed by atoms with Gasteiger partial charge in [0.15, 0.2) is 5.13 Å². The normalized spacial score (nSPS) is 10.9. The molecular formula is C21H30N6O4S. The van der Waals surface area contributed by atoms with E-state index in [2.05, 4.69) is 26.3 Å². The van der Waals surface area contributed by atoms with E-state index in [4.69, 9.17) is 10.5 Å². The number of amides is 3. The largest absolute Gasteiger partial charge is 0.444 e. The second-order valence-corrected chi connectivity index (χ2v) is 9.10. The molecule has 0 aliphatic carbocycles. The number of anilines is 4. The second-order valence-electron chi connectivity index (χ2n) is 8.07. The Balaban J connectivity index is 1.96. The van der Waals surface area contributed by atoms with Crippen molar-refractivity contribution >= 4 is 50.8 Å². The number of nitrogens with two attached hydrogens (primary N) is 1. The van der Waals surface area contributed by atoms with Crippen LogP contribution >= 0.6 is 11.3 Å². The summed E-state index contributed by atoms with van der Waals surface area (Å²) in [4.78, 5) is 40.2. The molecule has 1 aromatic heterocycles. The van der Waals surface area contributed by atoms with E-state index in [9.17, 15) is 14.4 Å². The number of aryl methyl sites for hydroxylation is 1. The summed E-state index contributed by atoms with van der Waals surface area (Å²) in [5.74, 6) is -0.706. The fourth-order valence-electron chi connectivity index (χ4n) is 2.60. The number of thiazole rings is 1. The van der Waals surface area contributed by atoms with Crippen molar-refractivity contribution in [2.75, 3.05) is 34.8 Å². The van der Waals surface area contributed by atoms with Crippen LogP contribution in [0.15, 0.2) is 18.2 Å². The number of nitrogens with one attached hydrogen (secondary N) is 4. The Morgan fingerprint density at radius 1 is 1.16 bits per heavy atom. The van der Waals surface area contributed by atoms with Gasteiger partial charge in [-0.15, -0.1) is 0 Å². The highest BCUT2D eigenvalue weighted by atomic mass is 32.1. The van der Waals surface area contributed by atoms with Gasteiger partial charge >= 0.3 is 6.09 Å². The molecule has 0 aliphatic heterocycles. The number of nitrogen functional groups attached to an aromatic ring is 1. The van der Waals surface area contributed by atoms with Crippen molar-refractivity contribution in [1.82, 2.24) is 10.3 Å². The fraction of sp³-hybridized carbons (Fsp3) is 0.429. The Morgan fingerprint density at radius 3 is 2.47 bits per heavy atom. The number of aromatic nitrogens is 1. The first-order valence-electron chi connectivity index (χ1n) is 10.1. The quantitative estimate of drug-likeness (QED) is 0.377. The highest BCUT2D eigenvalue weighted by molar-refractivity contribution is 7.19. The molecular weight excluding hydrogens is 432 g/mol. The van der Waals surface area contributed by atoms with Gasteiger partial charge in [-0.25, -0.2) is 9.78 Å². The first kappa shape index (κ1) is 24.9. The highest BCUT2D eigenvalue weighted by Crippen LogP contribution is 2.27. The lowest BCUT2D eigenvalue weighted by molar-refractivity contribution is -0.114. The van der Waals surface area contributed by atoms with Crippen molar-refractivity contribution in [2.24, 2.45) is 0 Å². The van der Waals surface area contributed by atoms with E-state index in [1.807, 2.05) is 0 Å². The van der Waals surface area contributed by atoms with Gasteiger partial charge in [-0.1, -0.05) is 11.3 Å². The van der Waals surface area contributed by atoms with E-state index in [1.165, 1.54) is 18.3 Å². The molecule has 3 amide bonds. The molecule has 0 saturated heterocycles. The lowest BCUT2D eigenvalue weighted by Gasteiger charge is -2.19. The van der Waals surface area contributed by atoms with Crippen LogP contribution in [-0.2, 0) is 9.53 Å². The fourth-order valence-corrected chi connectivity index (χ4v) is 3.33. The number of rotatable bonds is 8. The van der Waals surface area contributed by atoms with Gasteiger partial charge in [0.05, 0.1) is 16.9 Å². The van der Waals surface area contributed by atoms with Gasteiger partial charge in [0, 0.05) is 25.7 Å². The molecule has 6 N–H and O–H groups in total. The van der Waals surface area contributed by atoms with Crippen LogP contribution in [-0.4, -0.2) is 41.6 Å². The summed E-state index contributed by atoms with van der Waals surface area (Å²) in [5, 5.41) is 12.2. The molecule has 0 atom stereocenters. The minimum Gasteiger partial charge on any atom is -0.444 e. The van der Waals surface area contributed by atoms with Crippen molar-refractivity contribution in [3.8, 4) is 0 Å². The molecule has 1 aromatic carbocycles. The van der Waals surface area contributed by atoms with E-state index >= 15 is 0 Å². The Labute approximate surface area is 191 Å². The summed E-state index contributed by atoms with van der Waals surface area (Å²) in [6.45, 7) is 9.55. The van der Waals surface area contributed by atoms with E-state index < -0.39 is 17.6 Å². The summed E-state index contributed by atoms with van der Waals surface area (Å²) in [6.07, 6.45) is 0.194. The molecule has 174 valence electrons. The van der Waals surface area contributed by atoms with Gasteiger partial charge in [0.25, 0.3) is 5.91 Å². The SMILES string of the molecule is CC(=O)Nc1cc(NCCCNC(=O)OC(C)(C)C)ccc1C(=O)Nc1nc(C)c(N)s1. The monoisotopic (exact) mass is 462 g/mol. The lowest BCUT2D eigenvalue weighted by atomic mass is 10.1. The van der Waals surface area contributed by atoms with Gasteiger partial charge in [-0.3, -0.25) is 14.9 Å². The number of alkyl carbamates (subject to hydrolysis) is 1. The Morgan fingerprint density at radius 2 is 1.88 bits per heavy atom. The van der Waals surface area contributed by atoms with E-state index in [0.29, 0.717) is 46.6 Å². The summed E-state index contributed by atoms with van der Waals surface area (Å²) in [5.41, 5.74) is 7.28. The molecule has 0 aliphatic rings. The molecule has 0 bridgehead atoms. The maximum absolute atomic E-state index is 12.7. The molecule has 32 heavy (non-hydrogen) atoms. The van der Waals surface area contributed by atoms with Gasteiger partial charge in [0.1, 0.15) is 10.6 Å². The summed E-state index contributed by atoms with van der Waals surface area (Å²) in [6, 6.07) is 5.04. The molecule has 0 spiro atoms. The van der Waals surface area contributed by atoms with Crippen LogP contribution in [0.25, 0.3) is 0 Å². The number of nitrogens with zero attached hydrogens (tertiary/aromatic N) is 1. The number of hydrogen-bond donors (Lipinski definition) is 5. The zero-order chi connectivity index (χ0) is 23.9. The average Bonchev–Trinajstić information content (AvgIpc) is 2.96. The van der Waals surface area contributed by atoms with Crippen molar-refractivity contribution in [1.29, 1.82) is 0 Å². The maximum atomic E-state index is 12.7. The molecule has 0 radical (unpaired) electrons. The predicted octanol–water partition coefficient (Wildman–Crippen LogP) is 3.57. The number of benzene rings is 1. The van der Waals surface area contributed by atoms with E-state index in [0.717, 1.165) is 5.69 Å². The molecule has 11 heteroatoms. The summed E-state index contributed by atoms with van der Waals surface area (Å²) >= 11 is 1.18. The number of carbonyl (C=O) groups is 3. The first-order valence-corrected chi connectivity index (χ1v) is 10.9. The second kappa shape index (κ2) is 10.8. The van der Waals surface area contributed by atoms with Crippen molar-refractivity contribution in [2.45, 2.75) is 46.6 Å².